The number of nitrogens with one attached hydrogen (secondary N) is 2. The second-order valence-corrected chi connectivity index (χ2v) is 10.1. The van der Waals surface area contributed by atoms with Crippen LogP contribution in [-0.2, 0) is 10.0 Å². The van der Waals surface area contributed by atoms with Crippen molar-refractivity contribution in [3.8, 4) is 11.5 Å². The van der Waals surface area contributed by atoms with Gasteiger partial charge in [0.2, 0.25) is 0 Å². The van der Waals surface area contributed by atoms with E-state index in [1.807, 2.05) is 18.2 Å². The maximum atomic E-state index is 14.0. The van der Waals surface area contributed by atoms with Crippen molar-refractivity contribution >= 4 is 21.4 Å². The Labute approximate surface area is 198 Å². The number of benzene rings is 3. The van der Waals surface area contributed by atoms with Crippen LogP contribution in [0.4, 0.5) is 15.8 Å². The summed E-state index contributed by atoms with van der Waals surface area (Å²) in [5.74, 6) is 0.923. The van der Waals surface area contributed by atoms with Crippen molar-refractivity contribution in [1.82, 2.24) is 0 Å². The molecule has 3 aromatic rings. The van der Waals surface area contributed by atoms with Crippen molar-refractivity contribution in [2.24, 2.45) is 5.92 Å². The minimum Gasteiger partial charge on any atom is -0.493 e. The first-order valence-corrected chi connectivity index (χ1v) is 12.5. The van der Waals surface area contributed by atoms with Crippen LogP contribution in [0.25, 0.3) is 0 Å². The number of halogens is 1. The van der Waals surface area contributed by atoms with E-state index in [4.69, 9.17) is 9.47 Å². The summed E-state index contributed by atoms with van der Waals surface area (Å²) in [4.78, 5) is 0.0905. The molecular formula is C26H25FN2O4S. The molecule has 34 heavy (non-hydrogen) atoms. The predicted octanol–water partition coefficient (Wildman–Crippen LogP) is 5.47. The van der Waals surface area contributed by atoms with Gasteiger partial charge in [-0.05, 0) is 54.3 Å². The van der Waals surface area contributed by atoms with Gasteiger partial charge in [0, 0.05) is 17.2 Å². The first kappa shape index (κ1) is 22.3. The highest BCUT2D eigenvalue weighted by Crippen LogP contribution is 2.52. The Morgan fingerprint density at radius 2 is 1.82 bits per heavy atom. The van der Waals surface area contributed by atoms with E-state index < -0.39 is 15.8 Å². The molecule has 3 atom stereocenters. The van der Waals surface area contributed by atoms with Crippen molar-refractivity contribution in [3.05, 3.63) is 89.8 Å². The number of methoxy groups -OCH3 is 2. The molecule has 3 unspecified atom stereocenters. The molecule has 1 heterocycles. The number of hydrogen-bond acceptors (Lipinski definition) is 5. The Morgan fingerprint density at radius 3 is 2.59 bits per heavy atom. The molecule has 0 aromatic heterocycles. The minimum atomic E-state index is -3.96. The lowest BCUT2D eigenvalue weighted by molar-refractivity contribution is 0.341. The number of ether oxygens (including phenoxy) is 2. The number of sulfonamides is 1. The van der Waals surface area contributed by atoms with E-state index in [0.29, 0.717) is 11.5 Å². The molecule has 0 saturated carbocycles. The molecule has 2 aliphatic rings. The maximum Gasteiger partial charge on any atom is 0.261 e. The first-order valence-electron chi connectivity index (χ1n) is 11.0. The van der Waals surface area contributed by atoms with Crippen LogP contribution < -0.4 is 19.5 Å². The highest BCUT2D eigenvalue weighted by atomic mass is 32.2. The van der Waals surface area contributed by atoms with Gasteiger partial charge in [-0.3, -0.25) is 4.72 Å². The van der Waals surface area contributed by atoms with Crippen LogP contribution in [0.2, 0.25) is 0 Å². The zero-order valence-electron chi connectivity index (χ0n) is 18.8. The molecule has 2 N–H and O–H groups in total. The van der Waals surface area contributed by atoms with Crippen LogP contribution in [0.15, 0.2) is 77.7 Å². The Kier molecular flexibility index (Phi) is 5.69. The number of hydrogen-bond donors (Lipinski definition) is 2. The average molecular weight is 481 g/mol. The van der Waals surface area contributed by atoms with Crippen LogP contribution in [0.1, 0.15) is 29.5 Å². The zero-order valence-corrected chi connectivity index (χ0v) is 19.6. The Bertz CT molecular complexity index is 1370. The highest BCUT2D eigenvalue weighted by Gasteiger charge is 2.40. The summed E-state index contributed by atoms with van der Waals surface area (Å²) in [7, 11) is -0.721. The first-order chi connectivity index (χ1) is 16.4. The van der Waals surface area contributed by atoms with Crippen LogP contribution >= 0.6 is 0 Å². The molecule has 0 amide bonds. The lowest BCUT2D eigenvalue weighted by Gasteiger charge is -2.38. The van der Waals surface area contributed by atoms with Gasteiger partial charge in [0.05, 0.1) is 30.8 Å². The predicted molar refractivity (Wildman–Crippen MR) is 130 cm³/mol. The molecular weight excluding hydrogens is 455 g/mol. The topological polar surface area (TPSA) is 76.7 Å². The third-order valence-electron chi connectivity index (χ3n) is 6.53. The molecule has 176 valence electrons. The van der Waals surface area contributed by atoms with Crippen LogP contribution in [0.3, 0.4) is 0 Å². The summed E-state index contributed by atoms with van der Waals surface area (Å²) in [6.45, 7) is 0. The van der Waals surface area contributed by atoms with E-state index in [1.54, 1.807) is 32.4 Å². The maximum absolute atomic E-state index is 14.0. The molecule has 5 rings (SSSR count). The van der Waals surface area contributed by atoms with E-state index in [0.717, 1.165) is 23.2 Å². The average Bonchev–Trinajstić information content (AvgIpc) is 3.34. The van der Waals surface area contributed by atoms with Crippen molar-refractivity contribution in [2.45, 2.75) is 23.3 Å². The summed E-state index contributed by atoms with van der Waals surface area (Å²) in [6, 6.07) is 16.5. The van der Waals surface area contributed by atoms with E-state index >= 15 is 0 Å². The third-order valence-corrected chi connectivity index (χ3v) is 7.89. The molecule has 1 aliphatic carbocycles. The lowest BCUT2D eigenvalue weighted by Crippen LogP contribution is -2.29. The quantitative estimate of drug-likeness (QED) is 0.458. The zero-order chi connectivity index (χ0) is 23.9. The molecule has 0 saturated heterocycles. The van der Waals surface area contributed by atoms with Crippen molar-refractivity contribution < 1.29 is 22.3 Å². The largest absolute Gasteiger partial charge is 0.493 e. The van der Waals surface area contributed by atoms with Crippen molar-refractivity contribution in [2.75, 3.05) is 24.3 Å². The molecule has 0 radical (unpaired) electrons. The summed E-state index contributed by atoms with van der Waals surface area (Å²) in [6.07, 6.45) is 5.10. The van der Waals surface area contributed by atoms with Crippen molar-refractivity contribution in [3.63, 3.8) is 0 Å². The van der Waals surface area contributed by atoms with Gasteiger partial charge in [-0.2, -0.15) is 0 Å². The molecule has 8 heteroatoms. The van der Waals surface area contributed by atoms with Gasteiger partial charge in [0.1, 0.15) is 5.82 Å². The summed E-state index contributed by atoms with van der Waals surface area (Å²) >= 11 is 0. The summed E-state index contributed by atoms with van der Waals surface area (Å²) in [5.41, 5.74) is 2.66. The normalized spacial score (nSPS) is 20.7. The fraction of sp³-hybridized carbons (Fsp3) is 0.231. The van der Waals surface area contributed by atoms with Gasteiger partial charge < -0.3 is 14.8 Å². The van der Waals surface area contributed by atoms with Gasteiger partial charge in [-0.1, -0.05) is 36.4 Å². The van der Waals surface area contributed by atoms with Gasteiger partial charge >= 0.3 is 0 Å². The Hall–Kier alpha value is -3.52. The second-order valence-electron chi connectivity index (χ2n) is 8.39. The van der Waals surface area contributed by atoms with E-state index in [2.05, 4.69) is 22.2 Å². The molecule has 0 spiro atoms. The Balaban J connectivity index is 1.52. The van der Waals surface area contributed by atoms with Gasteiger partial charge in [0.25, 0.3) is 10.0 Å². The van der Waals surface area contributed by atoms with Crippen molar-refractivity contribution in [1.29, 1.82) is 0 Å². The van der Waals surface area contributed by atoms with Gasteiger partial charge in [-0.25, -0.2) is 12.8 Å². The fourth-order valence-electron chi connectivity index (χ4n) is 4.95. The second kappa shape index (κ2) is 8.68. The number of rotatable bonds is 6. The van der Waals surface area contributed by atoms with Crippen LogP contribution in [-0.4, -0.2) is 22.6 Å². The molecule has 3 aromatic carbocycles. The van der Waals surface area contributed by atoms with Gasteiger partial charge in [0.15, 0.2) is 11.5 Å². The minimum absolute atomic E-state index is 0.0285. The van der Waals surface area contributed by atoms with Crippen LogP contribution in [0, 0.1) is 11.7 Å². The summed E-state index contributed by atoms with van der Waals surface area (Å²) < 4.78 is 53.6. The number of anilines is 2. The smallest absolute Gasteiger partial charge is 0.261 e. The summed E-state index contributed by atoms with van der Waals surface area (Å²) in [5, 5.41) is 3.60. The third kappa shape index (κ3) is 3.77. The van der Waals surface area contributed by atoms with E-state index in [9.17, 15) is 12.8 Å². The van der Waals surface area contributed by atoms with E-state index in [1.165, 1.54) is 24.3 Å². The molecule has 1 aliphatic heterocycles. The van der Waals surface area contributed by atoms with Crippen LogP contribution in [0.5, 0.6) is 11.5 Å². The number of para-hydroxylation sites is 2. The monoisotopic (exact) mass is 480 g/mol. The number of fused-ring (bicyclic) bond motifs is 3. The number of allylic oxidation sites excluding steroid dienone is 2. The Morgan fingerprint density at radius 1 is 1.00 bits per heavy atom. The van der Waals surface area contributed by atoms with E-state index in [-0.39, 0.29) is 28.5 Å². The highest BCUT2D eigenvalue weighted by molar-refractivity contribution is 7.92. The SMILES string of the molecule is COc1cccc(C2Nc3ccc(S(=O)(=O)Nc4ccccc4F)cc3C3C=CCC32)c1OC. The molecule has 0 fully saturated rings. The lowest BCUT2D eigenvalue weighted by atomic mass is 9.77. The standard InChI is InChI=1S/C26H25FN2O4S/c1-32-24-12-6-9-19(26(24)33-2)25-18-8-5-7-17(18)20-15-16(13-14-22(20)28-25)34(30,31)29-23-11-4-3-10-21(23)27/h3-7,9-15,17-18,25,28-29H,8H2,1-2H3. The fourth-order valence-corrected chi connectivity index (χ4v) is 6.05. The van der Waals surface area contributed by atoms with Gasteiger partial charge in [-0.15, -0.1) is 0 Å². The molecule has 0 bridgehead atoms. The molecule has 6 nitrogen and oxygen atoms in total.